The van der Waals surface area contributed by atoms with E-state index in [9.17, 15) is 4.79 Å². The molecular weight excluding hydrogens is 254 g/mol. The first-order valence-electron chi connectivity index (χ1n) is 7.04. The highest BCUT2D eigenvalue weighted by Gasteiger charge is 2.27. The Morgan fingerprint density at radius 2 is 2.15 bits per heavy atom. The summed E-state index contributed by atoms with van der Waals surface area (Å²) < 4.78 is 5.87. The predicted octanol–water partition coefficient (Wildman–Crippen LogP) is 1.41. The summed E-state index contributed by atoms with van der Waals surface area (Å²) in [6.45, 7) is 2.93. The van der Waals surface area contributed by atoms with Gasteiger partial charge in [-0.3, -0.25) is 0 Å². The first kappa shape index (κ1) is 14.7. The van der Waals surface area contributed by atoms with Gasteiger partial charge in [0.2, 0.25) is 0 Å². The number of carbonyl (C=O) groups excluding carboxylic acids is 1. The van der Waals surface area contributed by atoms with Gasteiger partial charge in [0.25, 0.3) is 0 Å². The molecule has 2 amide bonds. The molecule has 1 aromatic rings. The van der Waals surface area contributed by atoms with Crippen LogP contribution in [0.4, 0.5) is 4.79 Å². The molecule has 1 atom stereocenters. The van der Waals surface area contributed by atoms with E-state index >= 15 is 0 Å². The van der Waals surface area contributed by atoms with Crippen molar-refractivity contribution in [2.45, 2.75) is 12.5 Å². The number of nitrogens with one attached hydrogen (secondary N) is 1. The zero-order valence-corrected chi connectivity index (χ0v) is 12.2. The van der Waals surface area contributed by atoms with Crippen LogP contribution in [0.2, 0.25) is 0 Å². The third-order valence-electron chi connectivity index (χ3n) is 3.31. The molecule has 110 valence electrons. The molecule has 0 aromatic heterocycles. The Balaban J connectivity index is 1.73. The molecular formula is C15H23N3O2. The van der Waals surface area contributed by atoms with Crippen LogP contribution >= 0.6 is 0 Å². The van der Waals surface area contributed by atoms with Crippen molar-refractivity contribution >= 4 is 6.03 Å². The van der Waals surface area contributed by atoms with Crippen molar-refractivity contribution in [2.24, 2.45) is 0 Å². The lowest BCUT2D eigenvalue weighted by molar-refractivity contribution is 0.186. The summed E-state index contributed by atoms with van der Waals surface area (Å²) in [6, 6.07) is 9.77. The van der Waals surface area contributed by atoms with Crippen LogP contribution in [0.15, 0.2) is 30.3 Å². The van der Waals surface area contributed by atoms with Gasteiger partial charge in [-0.2, -0.15) is 0 Å². The summed E-state index contributed by atoms with van der Waals surface area (Å²) in [5.41, 5.74) is 0. The number of para-hydroxylation sites is 1. The van der Waals surface area contributed by atoms with Crippen molar-refractivity contribution in [1.29, 1.82) is 0 Å². The Morgan fingerprint density at radius 3 is 2.85 bits per heavy atom. The maximum absolute atomic E-state index is 12.0. The smallest absolute Gasteiger partial charge is 0.317 e. The van der Waals surface area contributed by atoms with Crippen molar-refractivity contribution in [3.8, 4) is 5.75 Å². The van der Waals surface area contributed by atoms with E-state index in [1.54, 1.807) is 0 Å². The molecule has 0 spiro atoms. The number of benzene rings is 1. The van der Waals surface area contributed by atoms with E-state index in [1.165, 1.54) is 0 Å². The molecule has 1 fully saturated rings. The summed E-state index contributed by atoms with van der Waals surface area (Å²) in [5, 5.41) is 2.93. The first-order chi connectivity index (χ1) is 9.65. The molecule has 1 N–H and O–H groups in total. The minimum atomic E-state index is 0.00557. The summed E-state index contributed by atoms with van der Waals surface area (Å²) in [7, 11) is 3.98. The van der Waals surface area contributed by atoms with Crippen molar-refractivity contribution in [2.75, 3.05) is 40.3 Å². The molecule has 1 unspecified atom stereocenters. The zero-order chi connectivity index (χ0) is 14.4. The first-order valence-corrected chi connectivity index (χ1v) is 7.04. The average molecular weight is 277 g/mol. The quantitative estimate of drug-likeness (QED) is 0.885. The second-order valence-electron chi connectivity index (χ2n) is 5.32. The summed E-state index contributed by atoms with van der Waals surface area (Å²) in [6.07, 6.45) is 0.979. The predicted molar refractivity (Wildman–Crippen MR) is 79.0 cm³/mol. The number of ether oxygens (including phenoxy) is 1. The standard InChI is InChI=1S/C15H23N3O2/c1-17(2)11-9-16-15(19)18-10-8-14(12-18)20-13-6-4-3-5-7-13/h3-7,14H,8-12H2,1-2H3,(H,16,19). The molecule has 1 aromatic carbocycles. The molecule has 1 aliphatic rings. The van der Waals surface area contributed by atoms with Gasteiger partial charge >= 0.3 is 6.03 Å². The molecule has 0 aliphatic carbocycles. The van der Waals surface area contributed by atoms with E-state index in [0.29, 0.717) is 13.1 Å². The number of urea groups is 1. The topological polar surface area (TPSA) is 44.8 Å². The van der Waals surface area contributed by atoms with Crippen molar-refractivity contribution < 1.29 is 9.53 Å². The van der Waals surface area contributed by atoms with Gasteiger partial charge in [-0.25, -0.2) is 4.79 Å². The largest absolute Gasteiger partial charge is 0.489 e. The van der Waals surface area contributed by atoms with Crippen molar-refractivity contribution in [3.05, 3.63) is 30.3 Å². The highest BCUT2D eigenvalue weighted by Crippen LogP contribution is 2.17. The van der Waals surface area contributed by atoms with Crippen LogP contribution in [0.3, 0.4) is 0 Å². The van der Waals surface area contributed by atoms with Gasteiger partial charge in [-0.15, -0.1) is 0 Å². The third-order valence-corrected chi connectivity index (χ3v) is 3.31. The number of nitrogens with zero attached hydrogens (tertiary/aromatic N) is 2. The number of rotatable bonds is 5. The highest BCUT2D eigenvalue weighted by molar-refractivity contribution is 5.74. The maximum Gasteiger partial charge on any atom is 0.317 e. The molecule has 0 saturated carbocycles. The van der Waals surface area contributed by atoms with Gasteiger partial charge in [-0.05, 0) is 26.2 Å². The van der Waals surface area contributed by atoms with Crippen LogP contribution in [-0.4, -0.2) is 62.2 Å². The van der Waals surface area contributed by atoms with Gasteiger partial charge in [0.15, 0.2) is 0 Å². The number of likely N-dealkylation sites (tertiary alicyclic amines) is 1. The monoisotopic (exact) mass is 277 g/mol. The van der Waals surface area contributed by atoms with E-state index in [2.05, 4.69) is 5.32 Å². The highest BCUT2D eigenvalue weighted by atomic mass is 16.5. The van der Waals surface area contributed by atoms with Crippen LogP contribution < -0.4 is 10.1 Å². The number of likely N-dealkylation sites (N-methyl/N-ethyl adjacent to an activating group) is 1. The normalized spacial score (nSPS) is 18.4. The van der Waals surface area contributed by atoms with E-state index in [1.807, 2.05) is 54.2 Å². The van der Waals surface area contributed by atoms with Gasteiger partial charge in [0.05, 0.1) is 6.54 Å². The van der Waals surface area contributed by atoms with Crippen LogP contribution in [-0.2, 0) is 0 Å². The third kappa shape index (κ3) is 4.42. The fraction of sp³-hybridized carbons (Fsp3) is 0.533. The van der Waals surface area contributed by atoms with E-state index in [0.717, 1.165) is 25.3 Å². The van der Waals surface area contributed by atoms with Crippen LogP contribution in [0.25, 0.3) is 0 Å². The molecule has 20 heavy (non-hydrogen) atoms. The molecule has 1 heterocycles. The van der Waals surface area contributed by atoms with Crippen LogP contribution in [0.5, 0.6) is 5.75 Å². The van der Waals surface area contributed by atoms with Crippen LogP contribution in [0.1, 0.15) is 6.42 Å². The Kier molecular flexibility index (Phi) is 5.24. The molecule has 0 bridgehead atoms. The lowest BCUT2D eigenvalue weighted by atomic mass is 10.3. The number of amides is 2. The number of hydrogen-bond donors (Lipinski definition) is 1. The Labute approximate surface area is 120 Å². The second-order valence-corrected chi connectivity index (χ2v) is 5.32. The maximum atomic E-state index is 12.0. The zero-order valence-electron chi connectivity index (χ0n) is 12.2. The molecule has 5 nitrogen and oxygen atoms in total. The van der Waals surface area contributed by atoms with E-state index in [4.69, 9.17) is 4.74 Å². The Morgan fingerprint density at radius 1 is 1.40 bits per heavy atom. The molecule has 1 saturated heterocycles. The fourth-order valence-corrected chi connectivity index (χ4v) is 2.20. The number of hydrogen-bond acceptors (Lipinski definition) is 3. The fourth-order valence-electron chi connectivity index (χ4n) is 2.20. The van der Waals surface area contributed by atoms with Crippen molar-refractivity contribution in [1.82, 2.24) is 15.1 Å². The Bertz CT molecular complexity index is 422. The van der Waals surface area contributed by atoms with Crippen molar-refractivity contribution in [3.63, 3.8) is 0 Å². The lowest BCUT2D eigenvalue weighted by Crippen LogP contribution is -2.41. The molecule has 1 aliphatic heterocycles. The SMILES string of the molecule is CN(C)CCNC(=O)N1CCC(Oc2ccccc2)C1. The summed E-state index contributed by atoms with van der Waals surface area (Å²) in [4.78, 5) is 15.8. The molecule has 2 rings (SSSR count). The lowest BCUT2D eigenvalue weighted by Gasteiger charge is -2.18. The van der Waals surface area contributed by atoms with E-state index < -0.39 is 0 Å². The Hall–Kier alpha value is -1.75. The molecule has 5 heteroatoms. The van der Waals surface area contributed by atoms with Gasteiger partial charge in [0.1, 0.15) is 11.9 Å². The number of carbonyl (C=O) groups is 1. The van der Waals surface area contributed by atoms with E-state index in [-0.39, 0.29) is 12.1 Å². The minimum absolute atomic E-state index is 0.00557. The van der Waals surface area contributed by atoms with Gasteiger partial charge in [-0.1, -0.05) is 18.2 Å². The van der Waals surface area contributed by atoms with Gasteiger partial charge < -0.3 is 19.9 Å². The summed E-state index contributed by atoms with van der Waals surface area (Å²) >= 11 is 0. The minimum Gasteiger partial charge on any atom is -0.489 e. The average Bonchev–Trinajstić information content (AvgIpc) is 2.88. The van der Waals surface area contributed by atoms with Crippen LogP contribution in [0, 0.1) is 0 Å². The second kappa shape index (κ2) is 7.14. The summed E-state index contributed by atoms with van der Waals surface area (Å²) in [5.74, 6) is 0.868. The molecule has 0 radical (unpaired) electrons. The van der Waals surface area contributed by atoms with Gasteiger partial charge in [0, 0.05) is 26.1 Å².